The van der Waals surface area contributed by atoms with E-state index in [0.717, 1.165) is 0 Å². The Balaban J connectivity index is 2.64. The third kappa shape index (κ3) is 1.67. The summed E-state index contributed by atoms with van der Waals surface area (Å²) >= 11 is 5.53. The zero-order valence-corrected chi connectivity index (χ0v) is 8.10. The Bertz CT molecular complexity index is 522. The summed E-state index contributed by atoms with van der Waals surface area (Å²) in [4.78, 5) is 14.4. The fourth-order valence-corrected chi connectivity index (χ4v) is 1.46. The van der Waals surface area contributed by atoms with Crippen LogP contribution in [0.25, 0.3) is 11.1 Å². The minimum atomic E-state index is -1.63. The highest BCUT2D eigenvalue weighted by atomic mass is 35.5. The van der Waals surface area contributed by atoms with Crippen molar-refractivity contribution in [3.8, 4) is 0 Å². The lowest BCUT2D eigenvalue weighted by atomic mass is 10.1. The molecule has 0 aliphatic heterocycles. The first kappa shape index (κ1) is 9.95. The third-order valence-electron chi connectivity index (χ3n) is 1.95. The second-order valence-electron chi connectivity index (χ2n) is 2.90. The maximum Gasteiger partial charge on any atom is 0.337 e. The number of oxazole rings is 1. The summed E-state index contributed by atoms with van der Waals surface area (Å²) < 4.78 is 4.99. The smallest absolute Gasteiger partial charge is 0.337 e. The van der Waals surface area contributed by atoms with E-state index in [1.165, 1.54) is 6.07 Å². The molecule has 6 heteroatoms. The number of hydrogen-bond acceptors (Lipinski definition) is 4. The van der Waals surface area contributed by atoms with Crippen LogP contribution in [0, 0.1) is 0 Å². The molecule has 0 fully saturated rings. The van der Waals surface area contributed by atoms with Crippen molar-refractivity contribution < 1.29 is 19.4 Å². The van der Waals surface area contributed by atoms with Crippen LogP contribution in [-0.2, 0) is 4.79 Å². The Morgan fingerprint density at radius 3 is 2.93 bits per heavy atom. The number of carboxylic acids is 1. The van der Waals surface area contributed by atoms with Gasteiger partial charge in [0, 0.05) is 5.56 Å². The average molecular weight is 228 g/mol. The molecule has 1 unspecified atom stereocenters. The molecule has 0 aliphatic carbocycles. The molecule has 78 valence electrons. The van der Waals surface area contributed by atoms with E-state index in [1.807, 2.05) is 0 Å². The van der Waals surface area contributed by atoms with E-state index in [0.29, 0.717) is 5.58 Å². The van der Waals surface area contributed by atoms with Crippen molar-refractivity contribution in [3.63, 3.8) is 0 Å². The summed E-state index contributed by atoms with van der Waals surface area (Å²) in [6.07, 6.45) is -1.63. The average Bonchev–Trinajstić information content (AvgIpc) is 2.56. The summed E-state index contributed by atoms with van der Waals surface area (Å²) in [6, 6.07) is 4.61. The summed E-state index contributed by atoms with van der Waals surface area (Å²) in [6.45, 7) is 0. The van der Waals surface area contributed by atoms with Gasteiger partial charge < -0.3 is 14.6 Å². The number of aromatic nitrogens is 1. The van der Waals surface area contributed by atoms with Crippen LogP contribution in [0.2, 0.25) is 5.35 Å². The van der Waals surface area contributed by atoms with E-state index in [2.05, 4.69) is 4.98 Å². The van der Waals surface area contributed by atoms with Gasteiger partial charge in [-0.3, -0.25) is 0 Å². The molecule has 0 aliphatic rings. The van der Waals surface area contributed by atoms with Gasteiger partial charge in [-0.2, -0.15) is 4.98 Å². The predicted octanol–water partition coefficient (Wildman–Crippen LogP) is 1.60. The van der Waals surface area contributed by atoms with Gasteiger partial charge in [0.2, 0.25) is 0 Å². The topological polar surface area (TPSA) is 83.6 Å². The molecule has 0 radical (unpaired) electrons. The molecule has 0 amide bonds. The molecular formula is C9H6ClNO4. The van der Waals surface area contributed by atoms with Gasteiger partial charge in [0.1, 0.15) is 5.52 Å². The highest BCUT2D eigenvalue weighted by Gasteiger charge is 2.20. The van der Waals surface area contributed by atoms with Crippen molar-refractivity contribution in [2.45, 2.75) is 6.10 Å². The number of para-hydroxylation sites is 1. The van der Waals surface area contributed by atoms with Crippen LogP contribution in [0.1, 0.15) is 11.7 Å². The molecule has 0 saturated heterocycles. The summed E-state index contributed by atoms with van der Waals surface area (Å²) in [5, 5.41) is 18.0. The fourth-order valence-electron chi connectivity index (χ4n) is 1.30. The summed E-state index contributed by atoms with van der Waals surface area (Å²) in [5.41, 5.74) is 0.769. The van der Waals surface area contributed by atoms with E-state index in [9.17, 15) is 9.90 Å². The monoisotopic (exact) mass is 227 g/mol. The molecule has 0 spiro atoms. The molecule has 1 heterocycles. The maximum atomic E-state index is 10.6. The van der Waals surface area contributed by atoms with Gasteiger partial charge >= 0.3 is 5.97 Å². The number of aliphatic hydroxyl groups is 1. The van der Waals surface area contributed by atoms with Crippen LogP contribution in [0.5, 0.6) is 0 Å². The summed E-state index contributed by atoms with van der Waals surface area (Å²) in [7, 11) is 0. The number of hydrogen-bond donors (Lipinski definition) is 2. The van der Waals surface area contributed by atoms with Gasteiger partial charge in [0.05, 0.1) is 0 Å². The van der Waals surface area contributed by atoms with Crippen molar-refractivity contribution in [3.05, 3.63) is 29.1 Å². The third-order valence-corrected chi connectivity index (χ3v) is 2.11. The molecule has 2 aromatic rings. The number of fused-ring (bicyclic) bond motifs is 1. The van der Waals surface area contributed by atoms with E-state index in [4.69, 9.17) is 21.1 Å². The lowest BCUT2D eigenvalue weighted by Crippen LogP contribution is -2.10. The predicted molar refractivity (Wildman–Crippen MR) is 51.6 cm³/mol. The lowest BCUT2D eigenvalue weighted by Gasteiger charge is -2.04. The van der Waals surface area contributed by atoms with Crippen LogP contribution in [-0.4, -0.2) is 21.2 Å². The lowest BCUT2D eigenvalue weighted by molar-refractivity contribution is -0.146. The highest BCUT2D eigenvalue weighted by Crippen LogP contribution is 2.26. The first-order valence-corrected chi connectivity index (χ1v) is 4.43. The maximum absolute atomic E-state index is 10.6. The first-order chi connectivity index (χ1) is 7.09. The number of halogens is 1. The Morgan fingerprint density at radius 1 is 1.53 bits per heavy atom. The molecule has 1 aromatic heterocycles. The molecule has 2 rings (SSSR count). The highest BCUT2D eigenvalue weighted by molar-refractivity contribution is 6.28. The molecule has 1 aromatic carbocycles. The molecular weight excluding hydrogens is 222 g/mol. The molecule has 15 heavy (non-hydrogen) atoms. The number of aliphatic hydroxyl groups excluding tert-OH is 1. The Morgan fingerprint density at radius 2 is 2.27 bits per heavy atom. The van der Waals surface area contributed by atoms with E-state index >= 15 is 0 Å². The Kier molecular flexibility index (Phi) is 2.34. The van der Waals surface area contributed by atoms with E-state index < -0.39 is 12.1 Å². The van der Waals surface area contributed by atoms with Crippen LogP contribution < -0.4 is 0 Å². The van der Waals surface area contributed by atoms with Gasteiger partial charge in [-0.05, 0) is 17.7 Å². The second kappa shape index (κ2) is 3.52. The number of benzene rings is 1. The number of rotatable bonds is 2. The molecule has 5 nitrogen and oxygen atoms in total. The quantitative estimate of drug-likeness (QED) is 0.814. The van der Waals surface area contributed by atoms with Gasteiger partial charge in [0.15, 0.2) is 11.7 Å². The van der Waals surface area contributed by atoms with Crippen molar-refractivity contribution in [2.75, 3.05) is 0 Å². The molecule has 2 N–H and O–H groups in total. The van der Waals surface area contributed by atoms with Crippen LogP contribution in [0.4, 0.5) is 0 Å². The molecule has 0 saturated carbocycles. The van der Waals surface area contributed by atoms with Crippen LogP contribution in [0.3, 0.4) is 0 Å². The van der Waals surface area contributed by atoms with Gasteiger partial charge in [0.25, 0.3) is 5.35 Å². The van der Waals surface area contributed by atoms with Crippen molar-refractivity contribution in [2.24, 2.45) is 0 Å². The first-order valence-electron chi connectivity index (χ1n) is 4.05. The second-order valence-corrected chi connectivity index (χ2v) is 3.22. The Labute approximate surface area is 88.9 Å². The minimum Gasteiger partial charge on any atom is -0.479 e. The minimum absolute atomic E-state index is 0.0879. The zero-order chi connectivity index (χ0) is 11.0. The number of carbonyl (C=O) groups is 1. The standard InChI is InChI=1S/C9H6ClNO4/c10-9-11-6-4(7(12)8(13)14)2-1-3-5(6)15-9/h1-3,7,12H,(H,13,14). The fraction of sp³-hybridized carbons (Fsp3) is 0.111. The van der Waals surface area contributed by atoms with Crippen LogP contribution in [0.15, 0.2) is 22.6 Å². The number of nitrogens with zero attached hydrogens (tertiary/aromatic N) is 1. The Hall–Kier alpha value is -1.59. The number of carboxylic acid groups (broad SMARTS) is 1. The molecule has 1 atom stereocenters. The van der Waals surface area contributed by atoms with Gasteiger partial charge in [-0.15, -0.1) is 0 Å². The van der Waals surface area contributed by atoms with E-state index in [1.54, 1.807) is 12.1 Å². The SMILES string of the molecule is O=C(O)C(O)c1cccc2oc(Cl)nc12. The van der Waals surface area contributed by atoms with Crippen molar-refractivity contribution in [1.82, 2.24) is 4.98 Å². The normalized spacial score (nSPS) is 12.9. The number of aliphatic carboxylic acids is 1. The largest absolute Gasteiger partial charge is 0.479 e. The van der Waals surface area contributed by atoms with E-state index in [-0.39, 0.29) is 16.4 Å². The van der Waals surface area contributed by atoms with Crippen molar-refractivity contribution in [1.29, 1.82) is 0 Å². The van der Waals surface area contributed by atoms with Crippen molar-refractivity contribution >= 4 is 28.7 Å². The van der Waals surface area contributed by atoms with Gasteiger partial charge in [-0.25, -0.2) is 4.79 Å². The van der Waals surface area contributed by atoms with Crippen LogP contribution >= 0.6 is 11.6 Å². The van der Waals surface area contributed by atoms with Gasteiger partial charge in [-0.1, -0.05) is 12.1 Å². The zero-order valence-electron chi connectivity index (χ0n) is 7.35. The summed E-state index contributed by atoms with van der Waals surface area (Å²) in [5.74, 6) is -1.35. The molecule has 0 bridgehead atoms.